The maximum absolute atomic E-state index is 11.5. The van der Waals surface area contributed by atoms with Gasteiger partial charge in [0.25, 0.3) is 0 Å². The van der Waals surface area contributed by atoms with E-state index in [0.29, 0.717) is 29.7 Å². The number of hydrogen-bond donors (Lipinski definition) is 2. The molecule has 1 aliphatic heterocycles. The first kappa shape index (κ1) is 23.6. The second-order valence-electron chi connectivity index (χ2n) is 12.6. The summed E-state index contributed by atoms with van der Waals surface area (Å²) in [5, 5.41) is 15.3. The minimum absolute atomic E-state index is 0.0521. The Bertz CT molecular complexity index is 840. The Kier molecular flexibility index (Phi) is 6.09. The lowest BCUT2D eigenvalue weighted by atomic mass is 9.51. The number of fused-ring (bicyclic) bond motifs is 5. The van der Waals surface area contributed by atoms with Gasteiger partial charge in [0, 0.05) is 24.8 Å². The van der Waals surface area contributed by atoms with Crippen LogP contribution in [0.3, 0.4) is 0 Å². The van der Waals surface area contributed by atoms with E-state index >= 15 is 0 Å². The van der Waals surface area contributed by atoms with Crippen molar-refractivity contribution in [2.75, 3.05) is 6.54 Å². The van der Waals surface area contributed by atoms with Crippen LogP contribution in [0.2, 0.25) is 0 Å². The summed E-state index contributed by atoms with van der Waals surface area (Å²) in [5.41, 5.74) is 3.18. The average Bonchev–Trinajstić information content (AvgIpc) is 3.05. The standard InChI is InChI=1S/C29H45NO3/c1-17-6-11-26(30-16-17)18(2)29(5)25-10-9-24-22(23(25)15-27(29)32)8-7-20-14-21(33-19(3)31)12-13-28(20,24)4/h7,10,17-18,21-24,26-27,30,32H,6,8-9,11-16H2,1-5H3. The van der Waals surface area contributed by atoms with Crippen LogP contribution in [0.1, 0.15) is 86.0 Å². The number of allylic oxidation sites excluding steroid dienone is 2. The monoisotopic (exact) mass is 455 g/mol. The number of ether oxygens (including phenoxy) is 1. The molecule has 10 unspecified atom stereocenters. The fourth-order valence-corrected chi connectivity index (χ4v) is 8.74. The van der Waals surface area contributed by atoms with Gasteiger partial charge in [-0.05, 0) is 86.5 Å². The molecule has 0 radical (unpaired) electrons. The molecule has 4 heteroatoms. The average molecular weight is 456 g/mol. The van der Waals surface area contributed by atoms with Gasteiger partial charge in [0.15, 0.2) is 0 Å². The number of rotatable bonds is 3. The topological polar surface area (TPSA) is 58.6 Å². The zero-order valence-corrected chi connectivity index (χ0v) is 21.4. The van der Waals surface area contributed by atoms with E-state index in [1.165, 1.54) is 25.3 Å². The summed E-state index contributed by atoms with van der Waals surface area (Å²) in [7, 11) is 0. The van der Waals surface area contributed by atoms with Gasteiger partial charge in [-0.2, -0.15) is 0 Å². The number of carbonyl (C=O) groups is 1. The van der Waals surface area contributed by atoms with Crippen LogP contribution in [0.5, 0.6) is 0 Å². The van der Waals surface area contributed by atoms with Crippen LogP contribution in [-0.4, -0.2) is 35.9 Å². The lowest BCUT2D eigenvalue weighted by Crippen LogP contribution is -2.50. The van der Waals surface area contributed by atoms with Gasteiger partial charge in [-0.15, -0.1) is 0 Å². The van der Waals surface area contributed by atoms with E-state index in [1.807, 2.05) is 0 Å². The van der Waals surface area contributed by atoms with E-state index in [2.05, 4.69) is 45.2 Å². The highest BCUT2D eigenvalue weighted by Gasteiger charge is 2.58. The molecule has 1 heterocycles. The van der Waals surface area contributed by atoms with Gasteiger partial charge in [-0.25, -0.2) is 0 Å². The van der Waals surface area contributed by atoms with Crippen molar-refractivity contribution in [1.29, 1.82) is 0 Å². The molecule has 2 saturated carbocycles. The molecule has 5 rings (SSSR count). The van der Waals surface area contributed by atoms with Gasteiger partial charge in [0.05, 0.1) is 6.10 Å². The molecule has 5 aliphatic rings. The van der Waals surface area contributed by atoms with Gasteiger partial charge in [0.2, 0.25) is 0 Å². The van der Waals surface area contributed by atoms with Gasteiger partial charge in [-0.3, -0.25) is 4.79 Å². The predicted molar refractivity (Wildman–Crippen MR) is 131 cm³/mol. The molecule has 4 aliphatic carbocycles. The first-order chi connectivity index (χ1) is 15.6. The van der Waals surface area contributed by atoms with E-state index < -0.39 is 0 Å². The zero-order chi connectivity index (χ0) is 23.5. The lowest BCUT2D eigenvalue weighted by Gasteiger charge is -2.54. The first-order valence-corrected chi connectivity index (χ1v) is 13.6. The fraction of sp³-hybridized carbons (Fsp3) is 0.828. The molecule has 0 bridgehead atoms. The molecule has 184 valence electrons. The van der Waals surface area contributed by atoms with Crippen molar-refractivity contribution < 1.29 is 14.6 Å². The summed E-state index contributed by atoms with van der Waals surface area (Å²) in [5.74, 6) is 2.83. The smallest absolute Gasteiger partial charge is 0.302 e. The number of aliphatic hydroxyl groups is 1. The molecule has 10 atom stereocenters. The molecule has 0 spiro atoms. The van der Waals surface area contributed by atoms with Crippen molar-refractivity contribution in [2.45, 2.75) is 104 Å². The van der Waals surface area contributed by atoms with Crippen LogP contribution in [0.15, 0.2) is 23.3 Å². The SMILES string of the molecule is CC(=O)OC1CCC2(C)C(=CCC3C4CC(O)C(C)(C(C)C5CCC(C)CN5)C4=CCC32)C1. The van der Waals surface area contributed by atoms with E-state index in [1.54, 1.807) is 5.57 Å². The Balaban J connectivity index is 1.38. The Labute approximate surface area is 200 Å². The highest BCUT2D eigenvalue weighted by Crippen LogP contribution is 2.64. The summed E-state index contributed by atoms with van der Waals surface area (Å²) in [4.78, 5) is 11.5. The normalized spacial score (nSPS) is 48.0. The van der Waals surface area contributed by atoms with Gasteiger partial charge < -0.3 is 15.2 Å². The highest BCUT2D eigenvalue weighted by molar-refractivity contribution is 5.66. The van der Waals surface area contributed by atoms with Crippen molar-refractivity contribution in [3.05, 3.63) is 23.3 Å². The summed E-state index contributed by atoms with van der Waals surface area (Å²) < 4.78 is 5.59. The summed E-state index contributed by atoms with van der Waals surface area (Å²) in [6.07, 6.45) is 13.5. The zero-order valence-electron chi connectivity index (χ0n) is 21.4. The molecule has 2 N–H and O–H groups in total. The Morgan fingerprint density at radius 2 is 2.00 bits per heavy atom. The number of esters is 1. The summed E-state index contributed by atoms with van der Waals surface area (Å²) in [6, 6.07) is 0.505. The second kappa shape index (κ2) is 8.52. The number of piperidine rings is 1. The number of aliphatic hydroxyl groups excluding tert-OH is 1. The van der Waals surface area contributed by atoms with E-state index in [9.17, 15) is 9.90 Å². The van der Waals surface area contributed by atoms with Crippen molar-refractivity contribution in [2.24, 2.45) is 40.4 Å². The predicted octanol–water partition coefficient (Wildman–Crippen LogP) is 5.41. The summed E-state index contributed by atoms with van der Waals surface area (Å²) >= 11 is 0. The van der Waals surface area contributed by atoms with Crippen LogP contribution in [-0.2, 0) is 9.53 Å². The molecular weight excluding hydrogens is 410 g/mol. The van der Waals surface area contributed by atoms with Crippen molar-refractivity contribution in [3.8, 4) is 0 Å². The van der Waals surface area contributed by atoms with Crippen LogP contribution in [0, 0.1) is 40.4 Å². The summed E-state index contributed by atoms with van der Waals surface area (Å²) in [6.45, 7) is 12.2. The number of carbonyl (C=O) groups excluding carboxylic acids is 1. The quantitative estimate of drug-likeness (QED) is 0.441. The van der Waals surface area contributed by atoms with Crippen LogP contribution < -0.4 is 5.32 Å². The number of nitrogens with one attached hydrogen (secondary N) is 1. The number of hydrogen-bond acceptors (Lipinski definition) is 4. The Hall–Kier alpha value is -1.13. The third-order valence-electron chi connectivity index (χ3n) is 11.0. The third-order valence-corrected chi connectivity index (χ3v) is 11.0. The third kappa shape index (κ3) is 3.75. The van der Waals surface area contributed by atoms with Crippen molar-refractivity contribution >= 4 is 5.97 Å². The van der Waals surface area contributed by atoms with Crippen LogP contribution in [0.25, 0.3) is 0 Å². The maximum Gasteiger partial charge on any atom is 0.302 e. The fourth-order valence-electron chi connectivity index (χ4n) is 8.74. The van der Waals surface area contributed by atoms with Gasteiger partial charge >= 0.3 is 5.97 Å². The van der Waals surface area contributed by atoms with Crippen LogP contribution >= 0.6 is 0 Å². The minimum Gasteiger partial charge on any atom is -0.462 e. The van der Waals surface area contributed by atoms with Crippen LogP contribution in [0.4, 0.5) is 0 Å². The molecule has 0 aromatic rings. The minimum atomic E-state index is -0.249. The molecule has 3 fully saturated rings. The highest BCUT2D eigenvalue weighted by atomic mass is 16.5. The molecule has 1 saturated heterocycles. The Morgan fingerprint density at radius 1 is 1.21 bits per heavy atom. The van der Waals surface area contributed by atoms with Crippen molar-refractivity contribution in [3.63, 3.8) is 0 Å². The van der Waals surface area contributed by atoms with Crippen molar-refractivity contribution in [1.82, 2.24) is 5.32 Å². The second-order valence-corrected chi connectivity index (χ2v) is 12.6. The molecule has 0 amide bonds. The molecule has 33 heavy (non-hydrogen) atoms. The Morgan fingerprint density at radius 3 is 2.70 bits per heavy atom. The molecule has 0 aromatic carbocycles. The lowest BCUT2D eigenvalue weighted by molar-refractivity contribution is -0.148. The van der Waals surface area contributed by atoms with E-state index in [4.69, 9.17) is 4.74 Å². The molecular formula is C29H45NO3. The largest absolute Gasteiger partial charge is 0.462 e. The van der Waals surface area contributed by atoms with E-state index in [0.717, 1.165) is 51.0 Å². The maximum atomic E-state index is 11.5. The van der Waals surface area contributed by atoms with E-state index in [-0.39, 0.29) is 29.0 Å². The van der Waals surface area contributed by atoms with Gasteiger partial charge in [0.1, 0.15) is 6.10 Å². The van der Waals surface area contributed by atoms with Gasteiger partial charge in [-0.1, -0.05) is 51.0 Å². The molecule has 4 nitrogen and oxygen atoms in total. The first-order valence-electron chi connectivity index (χ1n) is 13.6. The molecule has 0 aromatic heterocycles.